The van der Waals surface area contributed by atoms with E-state index >= 15 is 0 Å². The molecule has 1 fully saturated rings. The summed E-state index contributed by atoms with van der Waals surface area (Å²) in [5.41, 5.74) is 2.26. The summed E-state index contributed by atoms with van der Waals surface area (Å²) in [5.74, 6) is 0. The molecule has 0 bridgehead atoms. The fourth-order valence-corrected chi connectivity index (χ4v) is 3.48. The van der Waals surface area contributed by atoms with Gasteiger partial charge in [-0.15, -0.1) is 0 Å². The van der Waals surface area contributed by atoms with Crippen molar-refractivity contribution in [1.29, 1.82) is 0 Å². The standard InChI is InChI=1S/C15H20N4O2S/c1-22(20,21)18-11-9-17(10-12-18)13-14-3-5-15(6-4-14)19-8-2-7-16-19/h2-8H,9-13H2,1H3. The minimum atomic E-state index is -3.06. The molecule has 1 saturated heterocycles. The Balaban J connectivity index is 1.58. The fourth-order valence-electron chi connectivity index (χ4n) is 2.65. The Morgan fingerprint density at radius 1 is 1.09 bits per heavy atom. The maximum absolute atomic E-state index is 11.5. The smallest absolute Gasteiger partial charge is 0.211 e. The van der Waals surface area contributed by atoms with E-state index in [-0.39, 0.29) is 0 Å². The first-order chi connectivity index (χ1) is 10.5. The lowest BCUT2D eigenvalue weighted by Crippen LogP contribution is -2.47. The maximum atomic E-state index is 11.5. The van der Waals surface area contributed by atoms with Crippen LogP contribution in [0.2, 0.25) is 0 Å². The van der Waals surface area contributed by atoms with E-state index in [1.807, 2.05) is 16.9 Å². The number of aromatic nitrogens is 2. The molecule has 2 heterocycles. The molecular weight excluding hydrogens is 300 g/mol. The van der Waals surface area contributed by atoms with Gasteiger partial charge in [-0.2, -0.15) is 9.40 Å². The maximum Gasteiger partial charge on any atom is 0.211 e. The zero-order valence-electron chi connectivity index (χ0n) is 12.6. The molecule has 0 atom stereocenters. The Morgan fingerprint density at radius 3 is 2.32 bits per heavy atom. The van der Waals surface area contributed by atoms with Crippen LogP contribution in [-0.2, 0) is 16.6 Å². The highest BCUT2D eigenvalue weighted by Gasteiger charge is 2.23. The molecule has 0 spiro atoms. The van der Waals surface area contributed by atoms with E-state index < -0.39 is 10.0 Å². The predicted octanol–water partition coefficient (Wildman–Crippen LogP) is 0.949. The van der Waals surface area contributed by atoms with Crippen molar-refractivity contribution in [2.75, 3.05) is 32.4 Å². The second-order valence-electron chi connectivity index (χ2n) is 5.56. The van der Waals surface area contributed by atoms with Crippen LogP contribution in [0.4, 0.5) is 0 Å². The van der Waals surface area contributed by atoms with Gasteiger partial charge in [-0.1, -0.05) is 12.1 Å². The van der Waals surface area contributed by atoms with Crippen molar-refractivity contribution in [3.63, 3.8) is 0 Å². The first-order valence-electron chi connectivity index (χ1n) is 7.29. The molecule has 3 rings (SSSR count). The van der Waals surface area contributed by atoms with Gasteiger partial charge in [-0.05, 0) is 23.8 Å². The van der Waals surface area contributed by atoms with Crippen LogP contribution in [0.3, 0.4) is 0 Å². The van der Waals surface area contributed by atoms with E-state index in [0.29, 0.717) is 13.1 Å². The zero-order valence-corrected chi connectivity index (χ0v) is 13.4. The highest BCUT2D eigenvalue weighted by Crippen LogP contribution is 2.13. The third-order valence-electron chi connectivity index (χ3n) is 3.91. The molecule has 1 aromatic carbocycles. The van der Waals surface area contributed by atoms with E-state index in [9.17, 15) is 8.42 Å². The van der Waals surface area contributed by atoms with Crippen LogP contribution in [0, 0.1) is 0 Å². The fraction of sp³-hybridized carbons (Fsp3) is 0.400. The first kappa shape index (κ1) is 15.2. The Labute approximate surface area is 131 Å². The van der Waals surface area contributed by atoms with Crippen molar-refractivity contribution in [3.8, 4) is 5.69 Å². The third-order valence-corrected chi connectivity index (χ3v) is 5.21. The molecule has 0 aliphatic carbocycles. The van der Waals surface area contributed by atoms with Crippen molar-refractivity contribution < 1.29 is 8.42 Å². The van der Waals surface area contributed by atoms with Crippen molar-refractivity contribution in [2.24, 2.45) is 0 Å². The van der Waals surface area contributed by atoms with E-state index in [0.717, 1.165) is 25.3 Å². The van der Waals surface area contributed by atoms with E-state index in [1.165, 1.54) is 11.8 Å². The lowest BCUT2D eigenvalue weighted by molar-refractivity contribution is 0.182. The van der Waals surface area contributed by atoms with E-state index in [1.54, 1.807) is 10.5 Å². The Bertz CT molecular complexity index is 703. The molecule has 0 amide bonds. The average Bonchev–Trinajstić information content (AvgIpc) is 3.02. The van der Waals surface area contributed by atoms with Crippen molar-refractivity contribution in [1.82, 2.24) is 19.0 Å². The third kappa shape index (κ3) is 3.55. The molecule has 1 aliphatic heterocycles. The second kappa shape index (κ2) is 6.20. The molecule has 22 heavy (non-hydrogen) atoms. The molecule has 0 unspecified atom stereocenters. The summed E-state index contributed by atoms with van der Waals surface area (Å²) in [7, 11) is -3.06. The van der Waals surface area contributed by atoms with Crippen LogP contribution in [0.25, 0.3) is 5.69 Å². The largest absolute Gasteiger partial charge is 0.296 e. The summed E-state index contributed by atoms with van der Waals surface area (Å²) >= 11 is 0. The zero-order chi connectivity index (χ0) is 15.6. The molecule has 118 valence electrons. The minimum absolute atomic E-state index is 0.574. The average molecular weight is 320 g/mol. The molecule has 2 aromatic rings. The van der Waals surface area contributed by atoms with Crippen molar-refractivity contribution >= 4 is 10.0 Å². The highest BCUT2D eigenvalue weighted by atomic mass is 32.2. The summed E-state index contributed by atoms with van der Waals surface area (Å²) in [5, 5.41) is 4.21. The molecule has 7 heteroatoms. The number of hydrogen-bond donors (Lipinski definition) is 0. The number of rotatable bonds is 4. The summed E-state index contributed by atoms with van der Waals surface area (Å²) in [6, 6.07) is 10.2. The van der Waals surface area contributed by atoms with Gasteiger partial charge < -0.3 is 0 Å². The number of benzene rings is 1. The summed E-state index contributed by atoms with van der Waals surface area (Å²) in [6.07, 6.45) is 4.95. The van der Waals surface area contributed by atoms with Crippen molar-refractivity contribution in [2.45, 2.75) is 6.54 Å². The SMILES string of the molecule is CS(=O)(=O)N1CCN(Cc2ccc(-n3cccn3)cc2)CC1. The molecule has 0 saturated carbocycles. The van der Waals surface area contributed by atoms with Crippen LogP contribution >= 0.6 is 0 Å². The summed E-state index contributed by atoms with van der Waals surface area (Å²) in [4.78, 5) is 2.28. The number of hydrogen-bond acceptors (Lipinski definition) is 4. The van der Waals surface area contributed by atoms with Crippen LogP contribution in [0.15, 0.2) is 42.7 Å². The molecule has 0 N–H and O–H groups in total. The second-order valence-corrected chi connectivity index (χ2v) is 7.54. The van der Waals surface area contributed by atoms with Gasteiger partial charge in [0.25, 0.3) is 0 Å². The van der Waals surface area contributed by atoms with E-state index in [4.69, 9.17) is 0 Å². The van der Waals surface area contributed by atoms with Gasteiger partial charge in [0.2, 0.25) is 10.0 Å². The Kier molecular flexibility index (Phi) is 4.28. The van der Waals surface area contributed by atoms with Gasteiger partial charge in [-0.3, -0.25) is 4.90 Å². The first-order valence-corrected chi connectivity index (χ1v) is 9.14. The van der Waals surface area contributed by atoms with Crippen molar-refractivity contribution in [3.05, 3.63) is 48.3 Å². The monoisotopic (exact) mass is 320 g/mol. The highest BCUT2D eigenvalue weighted by molar-refractivity contribution is 7.88. The lowest BCUT2D eigenvalue weighted by Gasteiger charge is -2.33. The van der Waals surface area contributed by atoms with Gasteiger partial charge in [0.05, 0.1) is 11.9 Å². The minimum Gasteiger partial charge on any atom is -0.296 e. The quantitative estimate of drug-likeness (QED) is 0.841. The predicted molar refractivity (Wildman–Crippen MR) is 85.3 cm³/mol. The molecule has 6 nitrogen and oxygen atoms in total. The number of sulfonamides is 1. The number of piperazine rings is 1. The van der Waals surface area contributed by atoms with Crippen LogP contribution in [0.1, 0.15) is 5.56 Å². The normalized spacial score (nSPS) is 17.7. The van der Waals surface area contributed by atoms with E-state index in [2.05, 4.69) is 34.3 Å². The molecular formula is C15H20N4O2S. The van der Waals surface area contributed by atoms with Crippen LogP contribution in [-0.4, -0.2) is 59.8 Å². The molecule has 0 radical (unpaired) electrons. The topological polar surface area (TPSA) is 58.4 Å². The molecule has 1 aliphatic rings. The molecule has 1 aromatic heterocycles. The van der Waals surface area contributed by atoms with Gasteiger partial charge in [0.15, 0.2) is 0 Å². The summed E-state index contributed by atoms with van der Waals surface area (Å²) in [6.45, 7) is 3.54. The Hall–Kier alpha value is -1.70. The summed E-state index contributed by atoms with van der Waals surface area (Å²) < 4.78 is 26.4. The number of nitrogens with zero attached hydrogens (tertiary/aromatic N) is 4. The van der Waals surface area contributed by atoms with Gasteiger partial charge in [0, 0.05) is 45.1 Å². The Morgan fingerprint density at radius 2 is 1.77 bits per heavy atom. The lowest BCUT2D eigenvalue weighted by atomic mass is 10.2. The van der Waals surface area contributed by atoms with Gasteiger partial charge >= 0.3 is 0 Å². The van der Waals surface area contributed by atoms with Gasteiger partial charge in [-0.25, -0.2) is 13.1 Å². The van der Waals surface area contributed by atoms with Crippen LogP contribution < -0.4 is 0 Å². The van der Waals surface area contributed by atoms with Crippen LogP contribution in [0.5, 0.6) is 0 Å². The van der Waals surface area contributed by atoms with Gasteiger partial charge in [0.1, 0.15) is 0 Å².